The summed E-state index contributed by atoms with van der Waals surface area (Å²) in [7, 11) is 0. The van der Waals surface area contributed by atoms with Gasteiger partial charge < -0.3 is 0 Å². The molecule has 0 bridgehead atoms. The van der Waals surface area contributed by atoms with E-state index >= 15 is 0 Å². The van der Waals surface area contributed by atoms with E-state index in [1.165, 1.54) is 25.7 Å². The van der Waals surface area contributed by atoms with E-state index in [1.54, 1.807) is 24.3 Å². The average molecular weight is 268 g/mol. The summed E-state index contributed by atoms with van der Waals surface area (Å²) >= 11 is 5.76. The number of benzene rings is 1. The molecule has 0 atom stereocenters. The zero-order chi connectivity index (χ0) is 13.0. The maximum atomic E-state index is 11.8. The van der Waals surface area contributed by atoms with E-state index in [9.17, 15) is 10.0 Å². The van der Waals surface area contributed by atoms with Gasteiger partial charge in [-0.25, -0.2) is 0 Å². The van der Waals surface area contributed by atoms with E-state index < -0.39 is 0 Å². The van der Waals surface area contributed by atoms with Gasteiger partial charge in [-0.2, -0.15) is 5.06 Å². The van der Waals surface area contributed by atoms with Crippen molar-refractivity contribution in [2.75, 3.05) is 5.06 Å². The maximum Gasteiger partial charge on any atom is 0.250 e. The van der Waals surface area contributed by atoms with Crippen LogP contribution in [-0.4, -0.2) is 11.1 Å². The third-order valence-corrected chi connectivity index (χ3v) is 3.80. The Bertz CT molecular complexity index is 399. The molecule has 98 valence electrons. The number of amides is 1. The summed E-state index contributed by atoms with van der Waals surface area (Å²) in [5, 5.41) is 11.1. The van der Waals surface area contributed by atoms with Gasteiger partial charge in [-0.15, -0.1) is 0 Å². The van der Waals surface area contributed by atoms with Crippen LogP contribution in [0.25, 0.3) is 0 Å². The molecule has 0 saturated heterocycles. The molecule has 1 fully saturated rings. The van der Waals surface area contributed by atoms with E-state index in [1.807, 2.05) is 0 Å². The summed E-state index contributed by atoms with van der Waals surface area (Å²) in [6.07, 6.45) is 6.28. The average Bonchev–Trinajstić information content (AvgIpc) is 2.89. The van der Waals surface area contributed by atoms with Crippen LogP contribution in [-0.2, 0) is 4.79 Å². The number of anilines is 1. The number of hydrogen-bond donors (Lipinski definition) is 1. The fourth-order valence-electron chi connectivity index (χ4n) is 2.46. The summed E-state index contributed by atoms with van der Waals surface area (Å²) < 4.78 is 0. The molecule has 0 aliphatic heterocycles. The van der Waals surface area contributed by atoms with Crippen LogP contribution in [0.15, 0.2) is 24.3 Å². The Hall–Kier alpha value is -1.06. The van der Waals surface area contributed by atoms with Crippen molar-refractivity contribution < 1.29 is 10.0 Å². The van der Waals surface area contributed by atoms with Gasteiger partial charge in [-0.05, 0) is 36.6 Å². The Morgan fingerprint density at radius 1 is 1.28 bits per heavy atom. The summed E-state index contributed by atoms with van der Waals surface area (Å²) in [5.74, 6) is 0.414. The lowest BCUT2D eigenvalue weighted by atomic mass is 10.0. The van der Waals surface area contributed by atoms with Crippen molar-refractivity contribution in [1.29, 1.82) is 0 Å². The Morgan fingerprint density at radius 2 is 1.89 bits per heavy atom. The van der Waals surface area contributed by atoms with Crippen molar-refractivity contribution in [3.8, 4) is 0 Å². The van der Waals surface area contributed by atoms with E-state index in [4.69, 9.17) is 11.6 Å². The lowest BCUT2D eigenvalue weighted by Crippen LogP contribution is -2.27. The maximum absolute atomic E-state index is 11.8. The molecule has 1 saturated carbocycles. The zero-order valence-electron chi connectivity index (χ0n) is 10.3. The molecule has 1 aromatic carbocycles. The molecular formula is C14H18ClNO2. The van der Waals surface area contributed by atoms with E-state index in [2.05, 4.69) is 0 Å². The van der Waals surface area contributed by atoms with Crippen LogP contribution in [0.4, 0.5) is 5.69 Å². The first kappa shape index (κ1) is 13.4. The van der Waals surface area contributed by atoms with Gasteiger partial charge in [0.2, 0.25) is 0 Å². The second-order valence-corrected chi connectivity index (χ2v) is 5.31. The van der Waals surface area contributed by atoms with Gasteiger partial charge in [0.15, 0.2) is 0 Å². The van der Waals surface area contributed by atoms with Gasteiger partial charge in [0.1, 0.15) is 0 Å². The smallest absolute Gasteiger partial charge is 0.250 e. The van der Waals surface area contributed by atoms with Crippen LogP contribution >= 0.6 is 11.6 Å². The van der Waals surface area contributed by atoms with Crippen molar-refractivity contribution in [3.05, 3.63) is 29.3 Å². The van der Waals surface area contributed by atoms with Gasteiger partial charge in [-0.1, -0.05) is 37.3 Å². The van der Waals surface area contributed by atoms with Crippen LogP contribution < -0.4 is 5.06 Å². The molecule has 0 aromatic heterocycles. The lowest BCUT2D eigenvalue weighted by molar-refractivity contribution is -0.123. The van der Waals surface area contributed by atoms with Crippen LogP contribution in [0.2, 0.25) is 5.02 Å². The molecule has 4 heteroatoms. The minimum absolute atomic E-state index is 0.246. The molecule has 0 unspecified atom stereocenters. The van der Waals surface area contributed by atoms with Crippen molar-refractivity contribution in [1.82, 2.24) is 0 Å². The van der Waals surface area contributed by atoms with Gasteiger partial charge in [0.05, 0.1) is 5.69 Å². The second kappa shape index (κ2) is 6.21. The van der Waals surface area contributed by atoms with E-state index in [-0.39, 0.29) is 5.91 Å². The quantitative estimate of drug-likeness (QED) is 0.661. The Labute approximate surface area is 112 Å². The SMILES string of the molecule is O=C(CCC1CCCC1)N(O)c1ccc(Cl)cc1. The number of rotatable bonds is 4. The number of nitrogens with zero attached hydrogens (tertiary/aromatic N) is 1. The van der Waals surface area contributed by atoms with Gasteiger partial charge >= 0.3 is 0 Å². The number of hydroxylamine groups is 1. The molecule has 1 aromatic rings. The fourth-order valence-corrected chi connectivity index (χ4v) is 2.58. The molecule has 0 heterocycles. The highest BCUT2D eigenvalue weighted by atomic mass is 35.5. The zero-order valence-corrected chi connectivity index (χ0v) is 11.1. The predicted molar refractivity (Wildman–Crippen MR) is 71.9 cm³/mol. The minimum Gasteiger partial charge on any atom is -0.281 e. The normalized spacial score (nSPS) is 15.9. The Morgan fingerprint density at radius 3 is 2.50 bits per heavy atom. The first-order chi connectivity index (χ1) is 8.66. The largest absolute Gasteiger partial charge is 0.281 e. The summed E-state index contributed by atoms with van der Waals surface area (Å²) in [5.41, 5.74) is 0.468. The molecule has 2 rings (SSSR count). The molecule has 3 nitrogen and oxygen atoms in total. The lowest BCUT2D eigenvalue weighted by Gasteiger charge is -2.16. The Kier molecular flexibility index (Phi) is 4.61. The van der Waals surface area contributed by atoms with Crippen LogP contribution in [0, 0.1) is 5.92 Å². The van der Waals surface area contributed by atoms with Crippen molar-refractivity contribution >= 4 is 23.2 Å². The highest BCUT2D eigenvalue weighted by Gasteiger charge is 2.19. The monoisotopic (exact) mass is 267 g/mol. The summed E-state index contributed by atoms with van der Waals surface area (Å²) in [6.45, 7) is 0. The van der Waals surface area contributed by atoms with Crippen LogP contribution in [0.1, 0.15) is 38.5 Å². The van der Waals surface area contributed by atoms with Gasteiger partial charge in [0.25, 0.3) is 5.91 Å². The fraction of sp³-hybridized carbons (Fsp3) is 0.500. The van der Waals surface area contributed by atoms with Crippen molar-refractivity contribution in [2.24, 2.45) is 5.92 Å². The van der Waals surface area contributed by atoms with Crippen LogP contribution in [0.3, 0.4) is 0 Å². The highest BCUT2D eigenvalue weighted by Crippen LogP contribution is 2.29. The second-order valence-electron chi connectivity index (χ2n) is 4.87. The number of carbonyl (C=O) groups excluding carboxylic acids is 1. The molecule has 1 aliphatic carbocycles. The molecular weight excluding hydrogens is 250 g/mol. The molecule has 0 radical (unpaired) electrons. The van der Waals surface area contributed by atoms with Gasteiger partial charge in [0, 0.05) is 11.4 Å². The molecule has 1 N–H and O–H groups in total. The highest BCUT2D eigenvalue weighted by molar-refractivity contribution is 6.30. The van der Waals surface area contributed by atoms with Crippen molar-refractivity contribution in [3.63, 3.8) is 0 Å². The van der Waals surface area contributed by atoms with Gasteiger partial charge in [-0.3, -0.25) is 10.0 Å². The standard InChI is InChI=1S/C14H18ClNO2/c15-12-6-8-13(9-7-12)16(18)14(17)10-5-11-3-1-2-4-11/h6-9,11,18H,1-5,10H2. The number of halogens is 1. The first-order valence-electron chi connectivity index (χ1n) is 6.44. The third kappa shape index (κ3) is 3.47. The molecule has 0 spiro atoms. The topological polar surface area (TPSA) is 40.5 Å². The minimum atomic E-state index is -0.246. The number of hydrogen-bond acceptors (Lipinski definition) is 2. The van der Waals surface area contributed by atoms with Crippen molar-refractivity contribution in [2.45, 2.75) is 38.5 Å². The van der Waals surface area contributed by atoms with E-state index in [0.717, 1.165) is 11.5 Å². The van der Waals surface area contributed by atoms with Crippen LogP contribution in [0.5, 0.6) is 0 Å². The first-order valence-corrected chi connectivity index (χ1v) is 6.82. The Balaban J connectivity index is 1.85. The predicted octanol–water partition coefficient (Wildman–Crippen LogP) is 4.03. The summed E-state index contributed by atoms with van der Waals surface area (Å²) in [6, 6.07) is 6.58. The molecule has 1 aliphatic rings. The number of carbonyl (C=O) groups is 1. The third-order valence-electron chi connectivity index (χ3n) is 3.55. The summed E-state index contributed by atoms with van der Waals surface area (Å²) in [4.78, 5) is 11.8. The molecule has 18 heavy (non-hydrogen) atoms. The molecule has 1 amide bonds. The van der Waals surface area contributed by atoms with E-state index in [0.29, 0.717) is 23.0 Å².